The van der Waals surface area contributed by atoms with Crippen LogP contribution in [0.3, 0.4) is 0 Å². The van der Waals surface area contributed by atoms with Crippen molar-refractivity contribution in [1.82, 2.24) is 0 Å². The number of rotatable bonds is 1. The summed E-state index contributed by atoms with van der Waals surface area (Å²) >= 11 is 0. The Bertz CT molecular complexity index is 67.1. The minimum absolute atomic E-state index is 0. The summed E-state index contributed by atoms with van der Waals surface area (Å²) in [5.74, 6) is 0. The molecule has 0 spiro atoms. The summed E-state index contributed by atoms with van der Waals surface area (Å²) in [7, 11) is -4.08. The van der Waals surface area contributed by atoms with Crippen molar-refractivity contribution in [1.29, 1.82) is 0 Å². The average molecular weight is 191 g/mol. The molecule has 0 saturated heterocycles. The maximum atomic E-state index is 8.53. The average Bonchev–Trinajstić information content (AvgIpc) is 1.32. The van der Waals surface area contributed by atoms with Crippen LogP contribution in [0, 0.1) is 0 Å². The van der Waals surface area contributed by atoms with Gasteiger partial charge in [-0.15, -0.1) is 0 Å². The summed E-state index contributed by atoms with van der Waals surface area (Å²) in [6.07, 6.45) is 0.0333. The van der Waals surface area contributed by atoms with Gasteiger partial charge in [0.05, 0.1) is 0 Å². The van der Waals surface area contributed by atoms with E-state index in [1.165, 1.54) is 6.92 Å². The van der Waals surface area contributed by atoms with Gasteiger partial charge in [-0.1, -0.05) is 0 Å². The van der Waals surface area contributed by atoms with E-state index < -0.39 is 7.28 Å². The molecule has 0 aromatic heterocycles. The minimum Gasteiger partial charge on any atom is 0 e. The zero-order valence-corrected chi connectivity index (χ0v) is 9.06. The predicted octanol–water partition coefficient (Wildman–Crippen LogP) is -0.0912. The molecule has 0 fully saturated rings. The maximum absolute atomic E-state index is 8.53. The summed E-state index contributed by atoms with van der Waals surface area (Å²) in [6, 6.07) is 0. The van der Waals surface area contributed by atoms with E-state index in [2.05, 4.69) is 0 Å². The Labute approximate surface area is 61.7 Å². The van der Waals surface area contributed by atoms with Crippen LogP contribution in [-0.2, 0) is 19.5 Å². The van der Waals surface area contributed by atoms with Gasteiger partial charge in [-0.25, -0.2) is 0 Å². The minimum atomic E-state index is -4.08. The largest absolute Gasteiger partial charge is 0 e. The van der Waals surface area contributed by atoms with Gasteiger partial charge in [0.2, 0.25) is 0 Å². The van der Waals surface area contributed by atoms with Crippen molar-refractivity contribution in [2.24, 2.45) is 0 Å². The molecule has 0 rings (SSSR count). The van der Waals surface area contributed by atoms with Crippen LogP contribution in [0.4, 0.5) is 0 Å². The van der Waals surface area contributed by atoms with E-state index in [0.29, 0.717) is 0 Å². The maximum Gasteiger partial charge on any atom is 0 e. The molecule has 0 aliphatic rings. The van der Waals surface area contributed by atoms with Gasteiger partial charge < -0.3 is 0 Å². The molecule has 0 atom stereocenters. The monoisotopic (exact) mass is 190 g/mol. The molecule has 0 radical (unpaired) electrons. The Kier molecular flexibility index (Phi) is 3.92. The van der Waals surface area contributed by atoms with Gasteiger partial charge >= 0.3 is 41.7 Å². The Balaban J connectivity index is 0. The second-order valence-corrected chi connectivity index (χ2v) is 5.78. The molecule has 0 amide bonds. The predicted molar refractivity (Wildman–Crippen MR) is 30.0 cm³/mol. The van der Waals surface area contributed by atoms with Crippen molar-refractivity contribution in [3.8, 4) is 0 Å². The van der Waals surface area contributed by atoms with E-state index in [1.807, 2.05) is 0 Å². The quantitative estimate of drug-likeness (QED) is 0.401. The molecule has 0 unspecified atom stereocenters. The molecular formula is C3H11O3PZn. The first-order valence-corrected chi connectivity index (χ1v) is 4.80. The second-order valence-electron chi connectivity index (χ2n) is 1.93. The topological polar surface area (TPSA) is 60.7 Å². The molecule has 3 nitrogen and oxygen atoms in total. The molecule has 48 valence electrons. The van der Waals surface area contributed by atoms with Gasteiger partial charge in [-0.05, 0) is 0 Å². The van der Waals surface area contributed by atoms with Crippen LogP contribution >= 0.6 is 7.28 Å². The summed E-state index contributed by atoms with van der Waals surface area (Å²) in [5.41, 5.74) is 0. The Morgan fingerprint density at radius 2 is 1.38 bits per heavy atom. The van der Waals surface area contributed by atoms with Crippen molar-refractivity contribution in [2.45, 2.75) is 6.92 Å². The standard InChI is InChI=1S/C3H11O3P.Zn/c1-3-7(2,4,5)6;/h4-6H,3H2,1-2H3;. The third-order valence-corrected chi connectivity index (χ3v) is 2.22. The molecule has 8 heavy (non-hydrogen) atoms. The van der Waals surface area contributed by atoms with Crippen LogP contribution in [-0.4, -0.2) is 27.5 Å². The van der Waals surface area contributed by atoms with Gasteiger partial charge in [0, 0.05) is 19.5 Å². The summed E-state index contributed by atoms with van der Waals surface area (Å²) in [4.78, 5) is 25.6. The molecule has 0 aliphatic heterocycles. The van der Waals surface area contributed by atoms with E-state index in [1.54, 1.807) is 0 Å². The van der Waals surface area contributed by atoms with Crippen LogP contribution in [0.1, 0.15) is 6.92 Å². The molecule has 3 N–H and O–H groups in total. The first-order chi connectivity index (χ1) is 2.81. The van der Waals surface area contributed by atoms with Crippen LogP contribution in [0.25, 0.3) is 0 Å². The van der Waals surface area contributed by atoms with Crippen LogP contribution in [0.2, 0.25) is 0 Å². The van der Waals surface area contributed by atoms with E-state index in [9.17, 15) is 0 Å². The van der Waals surface area contributed by atoms with Gasteiger partial charge in [-0.3, -0.25) is 0 Å². The van der Waals surface area contributed by atoms with Crippen LogP contribution in [0.15, 0.2) is 0 Å². The fourth-order valence-corrected chi connectivity index (χ4v) is 0. The molecule has 0 aliphatic carbocycles. The third-order valence-electron chi connectivity index (χ3n) is 0.740. The normalized spacial score (nSPS) is 15.9. The van der Waals surface area contributed by atoms with Crippen LogP contribution < -0.4 is 0 Å². The molecular weight excluding hydrogens is 180 g/mol. The Morgan fingerprint density at radius 3 is 1.38 bits per heavy atom. The van der Waals surface area contributed by atoms with Crippen LogP contribution in [0.5, 0.6) is 0 Å². The van der Waals surface area contributed by atoms with Crippen molar-refractivity contribution in [2.75, 3.05) is 12.8 Å². The van der Waals surface area contributed by atoms with E-state index in [-0.39, 0.29) is 25.6 Å². The molecule has 5 heteroatoms. The molecule has 0 aromatic rings. The SMILES string of the molecule is CCP(C)(O)(O)O.[Zn]. The fraction of sp³-hybridized carbons (Fsp3) is 1.00. The smallest absolute Gasteiger partial charge is 0 e. The summed E-state index contributed by atoms with van der Waals surface area (Å²) in [6.45, 7) is 2.59. The first-order valence-electron chi connectivity index (χ1n) is 2.07. The zero-order chi connectivity index (χ0) is 6.15. The summed E-state index contributed by atoms with van der Waals surface area (Å²) in [5, 5.41) is 0. The van der Waals surface area contributed by atoms with Gasteiger partial charge in [0.25, 0.3) is 0 Å². The molecule has 0 bridgehead atoms. The number of hydrogen-bond donors (Lipinski definition) is 3. The Morgan fingerprint density at radius 1 is 1.25 bits per heavy atom. The van der Waals surface area contributed by atoms with Gasteiger partial charge in [-0.2, -0.15) is 0 Å². The van der Waals surface area contributed by atoms with Crippen molar-refractivity contribution in [3.63, 3.8) is 0 Å². The zero-order valence-electron chi connectivity index (χ0n) is 5.20. The Hall–Kier alpha value is 0.933. The van der Waals surface area contributed by atoms with Gasteiger partial charge in [0.15, 0.2) is 0 Å². The summed E-state index contributed by atoms with van der Waals surface area (Å²) < 4.78 is 0. The van der Waals surface area contributed by atoms with E-state index in [4.69, 9.17) is 14.7 Å². The second kappa shape index (κ2) is 2.68. The van der Waals surface area contributed by atoms with E-state index in [0.717, 1.165) is 6.66 Å². The number of hydrogen-bond acceptors (Lipinski definition) is 3. The molecule has 0 heterocycles. The van der Waals surface area contributed by atoms with E-state index >= 15 is 0 Å². The van der Waals surface area contributed by atoms with Crippen molar-refractivity contribution < 1.29 is 34.2 Å². The van der Waals surface area contributed by atoms with Gasteiger partial charge in [0.1, 0.15) is 0 Å². The molecule has 0 aromatic carbocycles. The molecule has 0 saturated carbocycles. The van der Waals surface area contributed by atoms with Crippen molar-refractivity contribution >= 4 is 7.28 Å². The van der Waals surface area contributed by atoms with Crippen molar-refractivity contribution in [3.05, 3.63) is 0 Å². The first kappa shape index (κ1) is 11.7. The third kappa shape index (κ3) is 10.0. The fourth-order valence-electron chi connectivity index (χ4n) is 0.